The van der Waals surface area contributed by atoms with E-state index in [9.17, 15) is 9.18 Å². The van der Waals surface area contributed by atoms with Crippen molar-refractivity contribution in [3.05, 3.63) is 59.8 Å². The smallest absolute Gasteiger partial charge is 0.254 e. The van der Waals surface area contributed by atoms with Gasteiger partial charge in [-0.2, -0.15) is 0 Å². The van der Waals surface area contributed by atoms with Crippen LogP contribution in [0.5, 0.6) is 0 Å². The van der Waals surface area contributed by atoms with Crippen molar-refractivity contribution in [1.29, 1.82) is 0 Å². The van der Waals surface area contributed by atoms with E-state index in [1.165, 1.54) is 18.4 Å². The van der Waals surface area contributed by atoms with E-state index in [-0.39, 0.29) is 11.6 Å². The van der Waals surface area contributed by atoms with Crippen molar-refractivity contribution in [2.24, 2.45) is 0 Å². The molecule has 0 saturated carbocycles. The average Bonchev–Trinajstić information content (AvgIpc) is 2.82. The molecule has 1 atom stereocenters. The number of nitrogens with one attached hydrogen (secondary N) is 1. The van der Waals surface area contributed by atoms with Crippen LogP contribution < -0.4 is 5.32 Å². The Morgan fingerprint density at radius 1 is 1.29 bits per heavy atom. The van der Waals surface area contributed by atoms with Crippen molar-refractivity contribution in [3.8, 4) is 0 Å². The van der Waals surface area contributed by atoms with Gasteiger partial charge in [0.1, 0.15) is 11.6 Å². The maximum atomic E-state index is 13.3. The molecule has 2 rings (SSSR count). The molecule has 0 unspecified atom stereocenters. The average molecular weight is 233 g/mol. The fraction of sp³-hybridized carbons (Fsp3) is 0.154. The lowest BCUT2D eigenvalue weighted by Gasteiger charge is -2.11. The summed E-state index contributed by atoms with van der Waals surface area (Å²) < 4.78 is 18.5. The maximum Gasteiger partial charge on any atom is 0.254 e. The third-order valence-corrected chi connectivity index (χ3v) is 2.44. The first-order chi connectivity index (χ1) is 8.18. The molecular formula is C13H12FNO2. The second-order valence-electron chi connectivity index (χ2n) is 3.69. The lowest BCUT2D eigenvalue weighted by Crippen LogP contribution is -2.27. The molecule has 0 aliphatic heterocycles. The Morgan fingerprint density at radius 2 is 2.06 bits per heavy atom. The van der Waals surface area contributed by atoms with Gasteiger partial charge in [-0.3, -0.25) is 4.79 Å². The largest absolute Gasteiger partial charge is 0.467 e. The lowest BCUT2D eigenvalue weighted by atomic mass is 10.1. The van der Waals surface area contributed by atoms with Crippen LogP contribution in [0.15, 0.2) is 47.1 Å². The summed E-state index contributed by atoms with van der Waals surface area (Å²) in [5, 5.41) is 2.67. The van der Waals surface area contributed by atoms with Crippen LogP contribution in [0.3, 0.4) is 0 Å². The molecule has 0 fully saturated rings. The number of benzene rings is 1. The van der Waals surface area contributed by atoms with E-state index in [2.05, 4.69) is 5.32 Å². The zero-order valence-corrected chi connectivity index (χ0v) is 9.31. The summed E-state index contributed by atoms with van der Waals surface area (Å²) in [4.78, 5) is 11.8. The fourth-order valence-electron chi connectivity index (χ4n) is 1.53. The first-order valence-electron chi connectivity index (χ1n) is 5.27. The van der Waals surface area contributed by atoms with Crippen LogP contribution in [0.2, 0.25) is 0 Å². The number of hydrogen-bond acceptors (Lipinski definition) is 2. The van der Waals surface area contributed by atoms with Crippen LogP contribution in [0.25, 0.3) is 0 Å². The Bertz CT molecular complexity index is 508. The number of amides is 1. The molecule has 0 bridgehead atoms. The summed E-state index contributed by atoms with van der Waals surface area (Å²) in [6.45, 7) is 1.78. The minimum Gasteiger partial charge on any atom is -0.467 e. The molecule has 1 heterocycles. The molecule has 1 amide bonds. The van der Waals surface area contributed by atoms with Crippen molar-refractivity contribution in [2.75, 3.05) is 0 Å². The van der Waals surface area contributed by atoms with Gasteiger partial charge in [0.15, 0.2) is 0 Å². The van der Waals surface area contributed by atoms with Crippen LogP contribution in [0.1, 0.15) is 29.1 Å². The van der Waals surface area contributed by atoms with E-state index < -0.39 is 11.7 Å². The second kappa shape index (κ2) is 4.82. The molecule has 0 saturated heterocycles. The van der Waals surface area contributed by atoms with Gasteiger partial charge in [-0.15, -0.1) is 0 Å². The summed E-state index contributed by atoms with van der Waals surface area (Å²) in [5.41, 5.74) is 0.0332. The quantitative estimate of drug-likeness (QED) is 0.885. The van der Waals surface area contributed by atoms with Crippen LogP contribution in [0.4, 0.5) is 4.39 Å². The molecule has 17 heavy (non-hydrogen) atoms. The van der Waals surface area contributed by atoms with Gasteiger partial charge in [-0.25, -0.2) is 4.39 Å². The molecule has 2 aromatic rings. The monoisotopic (exact) mass is 233 g/mol. The van der Waals surface area contributed by atoms with Gasteiger partial charge in [0, 0.05) is 0 Å². The highest BCUT2D eigenvalue weighted by molar-refractivity contribution is 5.94. The summed E-state index contributed by atoms with van der Waals surface area (Å²) >= 11 is 0. The predicted octanol–water partition coefficient (Wildman–Crippen LogP) is 2.91. The number of hydrogen-bond donors (Lipinski definition) is 1. The zero-order chi connectivity index (χ0) is 12.3. The van der Waals surface area contributed by atoms with Gasteiger partial charge in [0.05, 0.1) is 17.9 Å². The van der Waals surface area contributed by atoms with Crippen LogP contribution in [-0.4, -0.2) is 5.91 Å². The van der Waals surface area contributed by atoms with E-state index in [0.29, 0.717) is 5.76 Å². The normalized spacial score (nSPS) is 12.1. The first kappa shape index (κ1) is 11.4. The molecule has 4 heteroatoms. The number of carbonyl (C=O) groups is 1. The summed E-state index contributed by atoms with van der Waals surface area (Å²) in [5.74, 6) is -0.349. The van der Waals surface area contributed by atoms with Crippen molar-refractivity contribution in [1.82, 2.24) is 5.32 Å². The lowest BCUT2D eigenvalue weighted by molar-refractivity contribution is 0.0931. The van der Waals surface area contributed by atoms with Crippen LogP contribution in [-0.2, 0) is 0 Å². The number of furan rings is 1. The second-order valence-corrected chi connectivity index (χ2v) is 3.69. The Balaban J connectivity index is 2.10. The summed E-state index contributed by atoms with van der Waals surface area (Å²) in [6, 6.07) is 9.06. The van der Waals surface area contributed by atoms with Gasteiger partial charge < -0.3 is 9.73 Å². The molecule has 88 valence electrons. The molecule has 0 aliphatic carbocycles. The minimum absolute atomic E-state index is 0.0332. The highest BCUT2D eigenvalue weighted by Crippen LogP contribution is 2.14. The van der Waals surface area contributed by atoms with Gasteiger partial charge in [-0.1, -0.05) is 12.1 Å². The molecule has 1 aromatic carbocycles. The Kier molecular flexibility index (Phi) is 3.23. The highest BCUT2D eigenvalue weighted by Gasteiger charge is 2.15. The Labute approximate surface area is 98.3 Å². The Morgan fingerprint density at radius 3 is 2.71 bits per heavy atom. The van der Waals surface area contributed by atoms with Crippen LogP contribution in [0, 0.1) is 5.82 Å². The highest BCUT2D eigenvalue weighted by atomic mass is 19.1. The van der Waals surface area contributed by atoms with Gasteiger partial charge in [0.25, 0.3) is 5.91 Å². The molecule has 0 spiro atoms. The topological polar surface area (TPSA) is 42.2 Å². The molecular weight excluding hydrogens is 221 g/mol. The third kappa shape index (κ3) is 2.53. The summed E-state index contributed by atoms with van der Waals surface area (Å²) in [7, 11) is 0. The predicted molar refractivity (Wildman–Crippen MR) is 61.0 cm³/mol. The van der Waals surface area contributed by atoms with Gasteiger partial charge in [0.2, 0.25) is 0 Å². The van der Waals surface area contributed by atoms with Crippen molar-refractivity contribution in [3.63, 3.8) is 0 Å². The number of carbonyl (C=O) groups excluding carboxylic acids is 1. The Hall–Kier alpha value is -2.10. The molecule has 1 aromatic heterocycles. The third-order valence-electron chi connectivity index (χ3n) is 2.44. The zero-order valence-electron chi connectivity index (χ0n) is 9.31. The molecule has 0 aliphatic rings. The van der Waals surface area contributed by atoms with E-state index in [0.717, 1.165) is 0 Å². The maximum absolute atomic E-state index is 13.3. The van der Waals surface area contributed by atoms with Gasteiger partial charge in [-0.05, 0) is 31.2 Å². The number of rotatable bonds is 3. The van der Waals surface area contributed by atoms with Crippen molar-refractivity contribution in [2.45, 2.75) is 13.0 Å². The summed E-state index contributed by atoms with van der Waals surface area (Å²) in [6.07, 6.45) is 1.53. The molecule has 3 nitrogen and oxygen atoms in total. The fourth-order valence-corrected chi connectivity index (χ4v) is 1.53. The number of halogens is 1. The standard InChI is InChI=1S/C13H12FNO2/c1-9(12-7-4-8-17-12)15-13(16)10-5-2-3-6-11(10)14/h2-9H,1H3,(H,15,16)/t9-/m0/s1. The van der Waals surface area contributed by atoms with Gasteiger partial charge >= 0.3 is 0 Å². The van der Waals surface area contributed by atoms with E-state index in [4.69, 9.17) is 4.42 Å². The first-order valence-corrected chi connectivity index (χ1v) is 5.27. The SMILES string of the molecule is C[C@H](NC(=O)c1ccccc1F)c1ccco1. The van der Waals surface area contributed by atoms with Crippen molar-refractivity contribution < 1.29 is 13.6 Å². The van der Waals surface area contributed by atoms with E-state index in [1.54, 1.807) is 31.2 Å². The van der Waals surface area contributed by atoms with Crippen molar-refractivity contribution >= 4 is 5.91 Å². The molecule has 1 N–H and O–H groups in total. The van der Waals surface area contributed by atoms with Crippen LogP contribution >= 0.6 is 0 Å². The molecule has 0 radical (unpaired) electrons. The van der Waals surface area contributed by atoms with E-state index >= 15 is 0 Å². The van der Waals surface area contributed by atoms with E-state index in [1.807, 2.05) is 0 Å². The minimum atomic E-state index is -0.531.